The van der Waals surface area contributed by atoms with Crippen LogP contribution in [-0.4, -0.2) is 15.0 Å². The lowest BCUT2D eigenvalue weighted by Gasteiger charge is -2.27. The van der Waals surface area contributed by atoms with Gasteiger partial charge in [-0.05, 0) is 73.7 Å². The maximum Gasteiger partial charge on any atom is 0.165 e. The van der Waals surface area contributed by atoms with Gasteiger partial charge in [0.05, 0.1) is 0 Å². The molecule has 2 aliphatic carbocycles. The second-order valence-electron chi connectivity index (χ2n) is 13.6. The predicted octanol–water partition coefficient (Wildman–Crippen LogP) is 11.5. The topological polar surface area (TPSA) is 38.7 Å². The van der Waals surface area contributed by atoms with E-state index in [0.717, 1.165) is 28.9 Å². The summed E-state index contributed by atoms with van der Waals surface area (Å²) in [7, 11) is 0. The van der Waals surface area contributed by atoms with Crippen LogP contribution in [0.1, 0.15) is 55.4 Å². The van der Waals surface area contributed by atoms with Crippen LogP contribution in [0.2, 0.25) is 0 Å². The molecule has 0 radical (unpaired) electrons. The average molecular weight is 618 g/mol. The summed E-state index contributed by atoms with van der Waals surface area (Å²) in [5.74, 6) is 2.37. The standard InChI is InChI=1S/C45H35N3/c1-28-15-14-23-36-39(28)41(44-47-42(29-16-6-4-7-17-29)46-43(48-44)30-18-8-5-9-19-30)35-22-11-10-21-34(35)40(36)31-25-26-33-32-20-12-13-24-37(32)45(2,3)38(33)27-31/h4-14,16-28H,15H2,1-3H3. The van der Waals surface area contributed by atoms with Crippen LogP contribution < -0.4 is 0 Å². The summed E-state index contributed by atoms with van der Waals surface area (Å²) in [6, 6.07) is 45.3. The van der Waals surface area contributed by atoms with Gasteiger partial charge in [-0.25, -0.2) is 15.0 Å². The van der Waals surface area contributed by atoms with Gasteiger partial charge in [0.25, 0.3) is 0 Å². The first kappa shape index (κ1) is 28.5. The van der Waals surface area contributed by atoms with Crippen molar-refractivity contribution in [2.45, 2.75) is 38.5 Å². The van der Waals surface area contributed by atoms with E-state index in [0.29, 0.717) is 11.6 Å². The van der Waals surface area contributed by atoms with Gasteiger partial charge < -0.3 is 0 Å². The van der Waals surface area contributed by atoms with Crippen LogP contribution in [0, 0.1) is 0 Å². The number of nitrogens with zero attached hydrogens (tertiary/aromatic N) is 3. The molecular formula is C45H35N3. The summed E-state index contributed by atoms with van der Waals surface area (Å²) in [6.07, 6.45) is 5.64. The summed E-state index contributed by atoms with van der Waals surface area (Å²) < 4.78 is 0. The Balaban J connectivity index is 1.33. The summed E-state index contributed by atoms with van der Waals surface area (Å²) in [5, 5.41) is 2.38. The first-order valence-corrected chi connectivity index (χ1v) is 16.9. The van der Waals surface area contributed by atoms with Gasteiger partial charge in [-0.15, -0.1) is 0 Å². The monoisotopic (exact) mass is 617 g/mol. The third-order valence-corrected chi connectivity index (χ3v) is 10.4. The highest BCUT2D eigenvalue weighted by Crippen LogP contribution is 2.52. The fourth-order valence-electron chi connectivity index (χ4n) is 8.00. The van der Waals surface area contributed by atoms with Gasteiger partial charge in [-0.2, -0.15) is 0 Å². The molecule has 1 heterocycles. The molecule has 0 aliphatic heterocycles. The fraction of sp³-hybridized carbons (Fsp3) is 0.133. The third kappa shape index (κ3) is 4.38. The van der Waals surface area contributed by atoms with E-state index < -0.39 is 0 Å². The molecular weight excluding hydrogens is 583 g/mol. The first-order valence-electron chi connectivity index (χ1n) is 16.9. The Morgan fingerprint density at radius 3 is 1.79 bits per heavy atom. The van der Waals surface area contributed by atoms with E-state index >= 15 is 0 Å². The Kier molecular flexibility index (Phi) is 6.52. The normalized spacial score (nSPS) is 15.6. The average Bonchev–Trinajstić information content (AvgIpc) is 3.37. The highest BCUT2D eigenvalue weighted by molar-refractivity contribution is 6.10. The number of aromatic nitrogens is 3. The van der Waals surface area contributed by atoms with Crippen LogP contribution in [0.5, 0.6) is 0 Å². The Hall–Kier alpha value is -5.67. The van der Waals surface area contributed by atoms with Crippen molar-refractivity contribution in [3.05, 3.63) is 156 Å². The quantitative estimate of drug-likeness (QED) is 0.197. The molecule has 3 heteroatoms. The van der Waals surface area contributed by atoms with E-state index in [1.54, 1.807) is 0 Å². The van der Waals surface area contributed by atoms with Crippen LogP contribution in [0.4, 0.5) is 0 Å². The zero-order valence-corrected chi connectivity index (χ0v) is 27.4. The third-order valence-electron chi connectivity index (χ3n) is 10.4. The highest BCUT2D eigenvalue weighted by Gasteiger charge is 2.36. The fourth-order valence-corrected chi connectivity index (χ4v) is 8.00. The molecule has 0 saturated heterocycles. The zero-order valence-electron chi connectivity index (χ0n) is 27.4. The van der Waals surface area contributed by atoms with Crippen LogP contribution in [0.15, 0.2) is 133 Å². The van der Waals surface area contributed by atoms with Crippen LogP contribution in [-0.2, 0) is 5.41 Å². The van der Waals surface area contributed by atoms with Crippen molar-refractivity contribution in [2.24, 2.45) is 0 Å². The van der Waals surface area contributed by atoms with E-state index in [9.17, 15) is 0 Å². The van der Waals surface area contributed by atoms with Crippen molar-refractivity contribution < 1.29 is 0 Å². The van der Waals surface area contributed by atoms with Crippen LogP contribution >= 0.6 is 0 Å². The molecule has 230 valence electrons. The van der Waals surface area contributed by atoms with Crippen LogP contribution in [0.3, 0.4) is 0 Å². The van der Waals surface area contributed by atoms with E-state index in [2.05, 4.69) is 124 Å². The molecule has 7 aromatic rings. The first-order chi connectivity index (χ1) is 23.5. The van der Waals surface area contributed by atoms with Crippen LogP contribution in [0.25, 0.3) is 73.3 Å². The number of hydrogen-bond acceptors (Lipinski definition) is 3. The minimum atomic E-state index is -0.0760. The van der Waals surface area contributed by atoms with Crippen molar-refractivity contribution in [1.82, 2.24) is 15.0 Å². The molecule has 0 spiro atoms. The molecule has 0 bridgehead atoms. The van der Waals surface area contributed by atoms with Crippen molar-refractivity contribution in [2.75, 3.05) is 0 Å². The zero-order chi connectivity index (χ0) is 32.4. The molecule has 9 rings (SSSR count). The number of allylic oxidation sites excluding steroid dienone is 1. The summed E-state index contributed by atoms with van der Waals surface area (Å²) in [5.41, 5.74) is 13.5. The SMILES string of the molecule is CC1CC=Cc2c1c(-c1nc(-c3ccccc3)nc(-c3ccccc3)n1)c1ccccc1c2-c1ccc2c(c1)C(C)(C)c1ccccc1-2. The molecule has 48 heavy (non-hydrogen) atoms. The van der Waals surface area contributed by atoms with Gasteiger partial charge in [-0.3, -0.25) is 0 Å². The largest absolute Gasteiger partial charge is 0.208 e. The molecule has 0 saturated carbocycles. The lowest BCUT2D eigenvalue weighted by atomic mass is 9.76. The van der Waals surface area contributed by atoms with Gasteiger partial charge in [0, 0.05) is 22.1 Å². The van der Waals surface area contributed by atoms with E-state index in [-0.39, 0.29) is 11.3 Å². The predicted molar refractivity (Wildman–Crippen MR) is 199 cm³/mol. The van der Waals surface area contributed by atoms with E-state index in [4.69, 9.17) is 15.0 Å². The summed E-state index contributed by atoms with van der Waals surface area (Å²) in [4.78, 5) is 15.5. The van der Waals surface area contributed by atoms with Gasteiger partial charge >= 0.3 is 0 Å². The van der Waals surface area contributed by atoms with Gasteiger partial charge in [0.2, 0.25) is 0 Å². The molecule has 0 amide bonds. The number of hydrogen-bond donors (Lipinski definition) is 0. The lowest BCUT2D eigenvalue weighted by molar-refractivity contribution is 0.660. The maximum absolute atomic E-state index is 5.24. The molecule has 0 N–H and O–H groups in total. The van der Waals surface area contributed by atoms with Crippen molar-refractivity contribution in [3.8, 4) is 56.4 Å². The molecule has 1 atom stereocenters. The second kappa shape index (κ2) is 11.0. The van der Waals surface area contributed by atoms with E-state index in [1.165, 1.54) is 55.3 Å². The smallest absolute Gasteiger partial charge is 0.165 e. The molecule has 0 fully saturated rings. The number of rotatable bonds is 4. The second-order valence-corrected chi connectivity index (χ2v) is 13.6. The minimum absolute atomic E-state index is 0.0760. The summed E-state index contributed by atoms with van der Waals surface area (Å²) in [6.45, 7) is 7.05. The molecule has 1 unspecified atom stereocenters. The Morgan fingerprint density at radius 2 is 1.10 bits per heavy atom. The minimum Gasteiger partial charge on any atom is -0.208 e. The molecule has 3 nitrogen and oxygen atoms in total. The molecule has 1 aromatic heterocycles. The van der Waals surface area contributed by atoms with Gasteiger partial charge in [0.1, 0.15) is 0 Å². The Bertz CT molecular complexity index is 2350. The molecule has 2 aliphatic rings. The number of fused-ring (bicyclic) bond motifs is 5. The lowest BCUT2D eigenvalue weighted by Crippen LogP contribution is -2.15. The maximum atomic E-state index is 5.24. The van der Waals surface area contributed by atoms with Gasteiger partial charge in [-0.1, -0.05) is 154 Å². The number of benzene rings is 6. The Morgan fingerprint density at radius 1 is 0.542 bits per heavy atom. The Labute approximate surface area is 281 Å². The highest BCUT2D eigenvalue weighted by atomic mass is 15.0. The van der Waals surface area contributed by atoms with Crippen molar-refractivity contribution >= 4 is 16.8 Å². The molecule has 6 aromatic carbocycles. The summed E-state index contributed by atoms with van der Waals surface area (Å²) >= 11 is 0. The van der Waals surface area contributed by atoms with Crippen molar-refractivity contribution in [1.29, 1.82) is 0 Å². The van der Waals surface area contributed by atoms with Crippen molar-refractivity contribution in [3.63, 3.8) is 0 Å². The van der Waals surface area contributed by atoms with E-state index in [1.807, 2.05) is 36.4 Å². The van der Waals surface area contributed by atoms with Gasteiger partial charge in [0.15, 0.2) is 17.5 Å².